The second-order valence-electron chi connectivity index (χ2n) is 14.5. The Morgan fingerprint density at radius 2 is 0.983 bits per heavy atom. The first-order valence-corrected chi connectivity index (χ1v) is 22.7. The fourth-order valence-electron chi connectivity index (χ4n) is 5.82. The molecule has 0 spiro atoms. The van der Waals surface area contributed by atoms with E-state index in [0.29, 0.717) is 12.8 Å². The molecule has 6 unspecified atom stereocenters. The number of phosphoric ester groups is 1. The van der Waals surface area contributed by atoms with Crippen molar-refractivity contribution in [2.75, 3.05) is 13.2 Å². The van der Waals surface area contributed by atoms with Crippen LogP contribution in [0.4, 0.5) is 0 Å². The van der Waals surface area contributed by atoms with Gasteiger partial charge in [-0.1, -0.05) is 119 Å². The number of allylic oxidation sites excluding steroid dienone is 12. The van der Waals surface area contributed by atoms with E-state index in [9.17, 15) is 44.6 Å². The fraction of sp³-hybridized carbons (Fsp3) is 0.682. The number of esters is 2. The summed E-state index contributed by atoms with van der Waals surface area (Å²) in [6.07, 6.45) is 28.2. The lowest BCUT2D eigenvalue weighted by Crippen LogP contribution is -2.64. The molecule has 6 N–H and O–H groups in total. The highest BCUT2D eigenvalue weighted by molar-refractivity contribution is 7.47. The first kappa shape index (κ1) is 53.3. The quantitative estimate of drug-likeness (QED) is 0.0163. The normalized spacial score (nSPS) is 23.2. The zero-order chi connectivity index (χ0) is 42.9. The number of carbonyl (C=O) groups excluding carboxylic acids is 2. The third-order valence-electron chi connectivity index (χ3n) is 9.28. The Labute approximate surface area is 346 Å². The molecule has 0 heterocycles. The lowest BCUT2D eigenvalue weighted by molar-refractivity contribution is -0.220. The highest BCUT2D eigenvalue weighted by atomic mass is 31.2. The molecule has 1 saturated carbocycles. The van der Waals surface area contributed by atoms with Crippen molar-refractivity contribution in [2.45, 2.75) is 179 Å². The van der Waals surface area contributed by atoms with E-state index in [4.69, 9.17) is 18.5 Å². The molecule has 0 radical (unpaired) electrons. The summed E-state index contributed by atoms with van der Waals surface area (Å²) in [5, 5.41) is 50.0. The van der Waals surface area contributed by atoms with Gasteiger partial charge in [0.15, 0.2) is 6.10 Å². The van der Waals surface area contributed by atoms with Crippen molar-refractivity contribution >= 4 is 19.8 Å². The summed E-state index contributed by atoms with van der Waals surface area (Å²) in [6.45, 7) is 3.06. The van der Waals surface area contributed by atoms with Crippen LogP contribution in [0.5, 0.6) is 0 Å². The maximum Gasteiger partial charge on any atom is 0.472 e. The molecule has 0 aromatic rings. The van der Waals surface area contributed by atoms with E-state index in [0.717, 1.165) is 83.5 Å². The van der Waals surface area contributed by atoms with E-state index in [2.05, 4.69) is 86.8 Å². The molecule has 1 aliphatic carbocycles. The van der Waals surface area contributed by atoms with Crippen LogP contribution < -0.4 is 0 Å². The number of rotatable bonds is 33. The molecular formula is C44H73O13P. The standard InChI is InChI=1S/C44H73O13P/c1-3-5-7-9-11-13-15-17-19-21-22-24-26-28-30-32-37(45)54-34-36(35-55-58(52,53)57-44-42(50)40(48)39(47)41(49)43(44)51)56-38(46)33-31-29-27-25-23-20-18-16-14-12-10-8-6-4-2/h5,7,10-13,16-19,22,24,36,39-44,47-51H,3-4,6,8-9,14-15,20-21,23,25-35H2,1-2H3,(H,52,53)/b7-5+,12-10+,13-11+,18-16+,19-17+,24-22+/t36-,39?,40-,41?,42?,43?,44?/m0/s1. The highest BCUT2D eigenvalue weighted by Gasteiger charge is 2.51. The Morgan fingerprint density at radius 1 is 0.552 bits per heavy atom. The van der Waals surface area contributed by atoms with Crippen LogP contribution >= 0.6 is 7.82 Å². The van der Waals surface area contributed by atoms with Crippen LogP contribution in [0, 0.1) is 0 Å². The second-order valence-corrected chi connectivity index (χ2v) is 15.9. The third kappa shape index (κ3) is 26.4. The molecule has 0 aliphatic heterocycles. The van der Waals surface area contributed by atoms with E-state index in [1.807, 2.05) is 0 Å². The smallest absolute Gasteiger partial charge is 0.462 e. The van der Waals surface area contributed by atoms with Crippen molar-refractivity contribution in [1.29, 1.82) is 0 Å². The first-order valence-electron chi connectivity index (χ1n) is 21.2. The van der Waals surface area contributed by atoms with Crippen LogP contribution in [0.3, 0.4) is 0 Å². The number of phosphoric acid groups is 1. The molecule has 58 heavy (non-hydrogen) atoms. The van der Waals surface area contributed by atoms with E-state index in [1.54, 1.807) is 0 Å². The SMILES string of the molecule is CC/C=C/C/C=C/C/C=C/C/C=C/CCCCC(=O)OC[C@@H](COP(=O)(O)OC1C(O)C(O)C(O)[C@H](O)C1O)OC(=O)CCCCCCC/C=C/C/C=C/CCCC. The van der Waals surface area contributed by atoms with E-state index in [1.165, 1.54) is 12.8 Å². The Kier molecular flexibility index (Phi) is 31.3. The lowest BCUT2D eigenvalue weighted by atomic mass is 9.85. The maximum absolute atomic E-state index is 12.8. The van der Waals surface area contributed by atoms with Gasteiger partial charge in [-0.05, 0) is 77.0 Å². The molecule has 14 heteroatoms. The average Bonchev–Trinajstić information content (AvgIpc) is 3.20. The van der Waals surface area contributed by atoms with Crippen molar-refractivity contribution < 1.29 is 63.1 Å². The number of carbonyl (C=O) groups is 2. The minimum Gasteiger partial charge on any atom is -0.462 e. The van der Waals surface area contributed by atoms with Gasteiger partial charge >= 0.3 is 19.8 Å². The minimum atomic E-state index is -5.13. The predicted octanol–water partition coefficient (Wildman–Crippen LogP) is 7.55. The van der Waals surface area contributed by atoms with Gasteiger partial charge in [0.25, 0.3) is 0 Å². The Bertz CT molecular complexity index is 1290. The van der Waals surface area contributed by atoms with Gasteiger partial charge in [-0.25, -0.2) is 4.57 Å². The van der Waals surface area contributed by atoms with Crippen LogP contribution in [-0.4, -0.2) is 98.3 Å². The molecule has 332 valence electrons. The van der Waals surface area contributed by atoms with Crippen molar-refractivity contribution in [3.05, 3.63) is 72.9 Å². The molecule has 0 amide bonds. The summed E-state index contributed by atoms with van der Waals surface area (Å²) in [6, 6.07) is 0. The molecule has 1 rings (SSSR count). The second kappa shape index (κ2) is 34.0. The zero-order valence-electron chi connectivity index (χ0n) is 34.8. The van der Waals surface area contributed by atoms with Crippen molar-refractivity contribution in [3.63, 3.8) is 0 Å². The van der Waals surface area contributed by atoms with Gasteiger partial charge in [0.05, 0.1) is 6.61 Å². The number of unbranched alkanes of at least 4 members (excludes halogenated alkanes) is 9. The summed E-state index contributed by atoms with van der Waals surface area (Å²) >= 11 is 0. The molecule has 8 atom stereocenters. The van der Waals surface area contributed by atoms with Crippen LogP contribution in [0.25, 0.3) is 0 Å². The maximum atomic E-state index is 12.8. The van der Waals surface area contributed by atoms with Gasteiger partial charge in [0, 0.05) is 12.8 Å². The minimum absolute atomic E-state index is 0.0673. The van der Waals surface area contributed by atoms with E-state index >= 15 is 0 Å². The number of ether oxygens (including phenoxy) is 2. The molecule has 0 bridgehead atoms. The van der Waals surface area contributed by atoms with Crippen LogP contribution in [0.15, 0.2) is 72.9 Å². The number of aliphatic hydroxyl groups is 5. The van der Waals surface area contributed by atoms with Gasteiger partial charge in [-0.2, -0.15) is 0 Å². The zero-order valence-corrected chi connectivity index (χ0v) is 35.7. The van der Waals surface area contributed by atoms with Gasteiger partial charge in [0.2, 0.25) is 0 Å². The fourth-order valence-corrected chi connectivity index (χ4v) is 6.79. The summed E-state index contributed by atoms with van der Waals surface area (Å²) in [5.74, 6) is -1.17. The molecule has 1 fully saturated rings. The molecule has 0 aromatic heterocycles. The molecule has 0 aromatic carbocycles. The van der Waals surface area contributed by atoms with Crippen LogP contribution in [-0.2, 0) is 32.7 Å². The Morgan fingerprint density at radius 3 is 1.53 bits per heavy atom. The third-order valence-corrected chi connectivity index (χ3v) is 10.3. The predicted molar refractivity (Wildman–Crippen MR) is 225 cm³/mol. The number of hydrogen-bond acceptors (Lipinski definition) is 12. The summed E-state index contributed by atoms with van der Waals surface area (Å²) < 4.78 is 33.4. The summed E-state index contributed by atoms with van der Waals surface area (Å²) in [4.78, 5) is 35.6. The Hall–Kier alpha value is -2.71. The van der Waals surface area contributed by atoms with E-state index in [-0.39, 0.29) is 12.8 Å². The van der Waals surface area contributed by atoms with Gasteiger partial charge in [-0.15, -0.1) is 0 Å². The van der Waals surface area contributed by atoms with Gasteiger partial charge < -0.3 is 39.9 Å². The summed E-state index contributed by atoms with van der Waals surface area (Å²) in [5.41, 5.74) is 0. The number of hydrogen-bond donors (Lipinski definition) is 6. The number of aliphatic hydroxyl groups excluding tert-OH is 5. The van der Waals surface area contributed by atoms with E-state index < -0.39 is 75.7 Å². The molecule has 1 aliphatic rings. The topological polar surface area (TPSA) is 210 Å². The van der Waals surface area contributed by atoms with Gasteiger partial charge in [0.1, 0.15) is 43.2 Å². The molecule has 13 nitrogen and oxygen atoms in total. The van der Waals surface area contributed by atoms with Crippen LogP contribution in [0.1, 0.15) is 136 Å². The highest BCUT2D eigenvalue weighted by Crippen LogP contribution is 2.47. The molecule has 0 saturated heterocycles. The Balaban J connectivity index is 2.55. The van der Waals surface area contributed by atoms with Crippen molar-refractivity contribution in [2.24, 2.45) is 0 Å². The largest absolute Gasteiger partial charge is 0.472 e. The van der Waals surface area contributed by atoms with Crippen LogP contribution in [0.2, 0.25) is 0 Å². The van der Waals surface area contributed by atoms with Crippen molar-refractivity contribution in [3.8, 4) is 0 Å². The molecular weight excluding hydrogens is 767 g/mol. The van der Waals surface area contributed by atoms with Gasteiger partial charge in [-0.3, -0.25) is 18.6 Å². The van der Waals surface area contributed by atoms with Crippen molar-refractivity contribution in [1.82, 2.24) is 0 Å². The average molecular weight is 841 g/mol. The first-order chi connectivity index (χ1) is 27.9. The monoisotopic (exact) mass is 840 g/mol. The lowest BCUT2D eigenvalue weighted by Gasteiger charge is -2.41. The summed E-state index contributed by atoms with van der Waals surface area (Å²) in [7, 11) is -5.13.